The molecule has 1 N–H and O–H groups in total. The number of nitriles is 1. The highest BCUT2D eigenvalue weighted by atomic mass is 35.5. The third-order valence-corrected chi connectivity index (χ3v) is 6.86. The highest BCUT2D eigenvalue weighted by molar-refractivity contribution is 8.05. The molecular formula is C25H16Cl2FN3O2S. The molecule has 1 unspecified atom stereocenters. The zero-order valence-electron chi connectivity index (χ0n) is 17.5. The Bertz CT molecular complexity index is 1320. The van der Waals surface area contributed by atoms with Gasteiger partial charge < -0.3 is 5.32 Å². The van der Waals surface area contributed by atoms with Gasteiger partial charge in [0.05, 0.1) is 16.0 Å². The standard InChI is InChI=1S/C25H16Cl2FN3O2S/c26-16-8-11-20(27)21(13-16)30-23(32)19(14-29)25-31(18-4-2-1-3-5-18)24(33)22(34-25)12-15-6-9-17(28)10-7-15/h1-11,13,22H,12H2,(H,30,32). The molecule has 5 nitrogen and oxygen atoms in total. The molecule has 4 rings (SSSR count). The molecule has 0 saturated carbocycles. The summed E-state index contributed by atoms with van der Waals surface area (Å²) >= 11 is 13.3. The normalized spacial score (nSPS) is 16.8. The fraction of sp³-hybridized carbons (Fsp3) is 0.0800. The summed E-state index contributed by atoms with van der Waals surface area (Å²) in [5.74, 6) is -1.37. The van der Waals surface area contributed by atoms with Gasteiger partial charge in [-0.2, -0.15) is 5.26 Å². The summed E-state index contributed by atoms with van der Waals surface area (Å²) in [4.78, 5) is 27.9. The number of halogens is 3. The van der Waals surface area contributed by atoms with Crippen molar-refractivity contribution in [3.8, 4) is 6.07 Å². The summed E-state index contributed by atoms with van der Waals surface area (Å²) in [5, 5.41) is 12.7. The van der Waals surface area contributed by atoms with E-state index in [9.17, 15) is 19.2 Å². The molecule has 1 fully saturated rings. The molecule has 1 aliphatic heterocycles. The van der Waals surface area contributed by atoms with Crippen LogP contribution >= 0.6 is 35.0 Å². The highest BCUT2D eigenvalue weighted by Gasteiger charge is 2.40. The Morgan fingerprint density at radius 2 is 1.79 bits per heavy atom. The predicted octanol–water partition coefficient (Wildman–Crippen LogP) is 6.20. The third-order valence-electron chi connectivity index (χ3n) is 5.03. The summed E-state index contributed by atoms with van der Waals surface area (Å²) in [6.07, 6.45) is 0.303. The predicted molar refractivity (Wildman–Crippen MR) is 133 cm³/mol. The lowest BCUT2D eigenvalue weighted by Gasteiger charge is -2.18. The van der Waals surface area contributed by atoms with Crippen LogP contribution in [0.2, 0.25) is 10.0 Å². The molecule has 1 atom stereocenters. The average molecular weight is 512 g/mol. The Kier molecular flexibility index (Phi) is 7.23. The maximum absolute atomic E-state index is 13.4. The first-order valence-corrected chi connectivity index (χ1v) is 11.7. The van der Waals surface area contributed by atoms with E-state index in [0.29, 0.717) is 17.1 Å². The van der Waals surface area contributed by atoms with Crippen LogP contribution in [0.5, 0.6) is 0 Å². The number of benzene rings is 3. The highest BCUT2D eigenvalue weighted by Crippen LogP contribution is 2.42. The number of amides is 2. The molecule has 0 radical (unpaired) electrons. The lowest BCUT2D eigenvalue weighted by molar-refractivity contribution is -0.117. The van der Waals surface area contributed by atoms with Gasteiger partial charge in [0.25, 0.3) is 5.91 Å². The fourth-order valence-corrected chi connectivity index (χ4v) is 5.06. The van der Waals surface area contributed by atoms with Crippen LogP contribution in [0.15, 0.2) is 83.4 Å². The minimum absolute atomic E-state index is 0.210. The van der Waals surface area contributed by atoms with Gasteiger partial charge in [0, 0.05) is 10.7 Å². The number of nitrogens with one attached hydrogen (secondary N) is 1. The van der Waals surface area contributed by atoms with Gasteiger partial charge in [-0.1, -0.05) is 65.3 Å². The second-order valence-corrected chi connectivity index (χ2v) is 9.35. The van der Waals surface area contributed by atoms with Crippen LogP contribution in [0.4, 0.5) is 15.8 Å². The fourth-order valence-electron chi connectivity index (χ4n) is 3.41. The van der Waals surface area contributed by atoms with Crippen molar-refractivity contribution in [3.63, 3.8) is 0 Å². The Morgan fingerprint density at radius 3 is 2.47 bits per heavy atom. The number of nitrogens with zero attached hydrogens (tertiary/aromatic N) is 2. The second-order valence-electron chi connectivity index (χ2n) is 7.32. The Balaban J connectivity index is 1.72. The van der Waals surface area contributed by atoms with Gasteiger partial charge in [0.1, 0.15) is 22.5 Å². The average Bonchev–Trinajstić information content (AvgIpc) is 3.14. The molecule has 9 heteroatoms. The van der Waals surface area contributed by atoms with E-state index >= 15 is 0 Å². The van der Waals surface area contributed by atoms with Gasteiger partial charge in [0.15, 0.2) is 0 Å². The lowest BCUT2D eigenvalue weighted by Crippen LogP contribution is -2.30. The molecule has 0 aliphatic carbocycles. The number of hydrogen-bond donors (Lipinski definition) is 1. The molecule has 3 aromatic rings. The molecule has 1 aliphatic rings. The van der Waals surface area contributed by atoms with Crippen LogP contribution in [-0.2, 0) is 16.0 Å². The van der Waals surface area contributed by atoms with Crippen molar-refractivity contribution >= 4 is 58.2 Å². The number of anilines is 2. The quantitative estimate of drug-likeness (QED) is 0.327. The smallest absolute Gasteiger partial charge is 0.269 e. The van der Waals surface area contributed by atoms with E-state index in [1.54, 1.807) is 48.5 Å². The Hall–Kier alpha value is -3.31. The van der Waals surface area contributed by atoms with Crippen LogP contribution in [0.25, 0.3) is 0 Å². The minimum Gasteiger partial charge on any atom is -0.320 e. The van der Waals surface area contributed by atoms with E-state index < -0.39 is 11.2 Å². The first-order valence-electron chi connectivity index (χ1n) is 10.1. The zero-order chi connectivity index (χ0) is 24.2. The largest absolute Gasteiger partial charge is 0.320 e. The maximum Gasteiger partial charge on any atom is 0.269 e. The maximum atomic E-state index is 13.4. The summed E-state index contributed by atoms with van der Waals surface area (Å²) in [6.45, 7) is 0. The number of carbonyl (C=O) groups is 2. The summed E-state index contributed by atoms with van der Waals surface area (Å²) in [7, 11) is 0. The monoisotopic (exact) mass is 511 g/mol. The van der Waals surface area contributed by atoms with E-state index in [0.717, 1.165) is 17.3 Å². The second kappa shape index (κ2) is 10.3. The Morgan fingerprint density at radius 1 is 1.09 bits per heavy atom. The van der Waals surface area contributed by atoms with Gasteiger partial charge in [0.2, 0.25) is 5.91 Å². The van der Waals surface area contributed by atoms with Crippen molar-refractivity contribution in [2.45, 2.75) is 11.7 Å². The van der Waals surface area contributed by atoms with E-state index in [1.165, 1.54) is 29.2 Å². The van der Waals surface area contributed by atoms with Gasteiger partial charge in [-0.05, 0) is 54.4 Å². The van der Waals surface area contributed by atoms with Crippen molar-refractivity contribution in [3.05, 3.63) is 105 Å². The molecule has 0 bridgehead atoms. The van der Waals surface area contributed by atoms with Crippen molar-refractivity contribution in [1.29, 1.82) is 5.26 Å². The summed E-state index contributed by atoms with van der Waals surface area (Å²) in [6, 6.07) is 21.2. The third kappa shape index (κ3) is 5.10. The number of para-hydroxylation sites is 1. The molecule has 0 aromatic heterocycles. The van der Waals surface area contributed by atoms with E-state index in [4.69, 9.17) is 23.2 Å². The number of rotatable bonds is 5. The summed E-state index contributed by atoms with van der Waals surface area (Å²) in [5.41, 5.74) is 1.30. The molecule has 3 aromatic carbocycles. The molecule has 0 spiro atoms. The number of hydrogen-bond acceptors (Lipinski definition) is 4. The van der Waals surface area contributed by atoms with Crippen molar-refractivity contribution in [2.24, 2.45) is 0 Å². The van der Waals surface area contributed by atoms with Crippen molar-refractivity contribution < 1.29 is 14.0 Å². The van der Waals surface area contributed by atoms with Gasteiger partial charge in [-0.3, -0.25) is 14.5 Å². The van der Waals surface area contributed by atoms with Gasteiger partial charge in [-0.15, -0.1) is 0 Å². The van der Waals surface area contributed by atoms with Crippen LogP contribution in [0, 0.1) is 17.1 Å². The molecule has 1 saturated heterocycles. The lowest BCUT2D eigenvalue weighted by atomic mass is 10.1. The van der Waals surface area contributed by atoms with Crippen LogP contribution < -0.4 is 10.2 Å². The van der Waals surface area contributed by atoms with E-state index in [2.05, 4.69) is 5.32 Å². The number of carbonyl (C=O) groups excluding carboxylic acids is 2. The first kappa shape index (κ1) is 23.8. The molecule has 2 amide bonds. The zero-order valence-corrected chi connectivity index (χ0v) is 19.8. The van der Waals surface area contributed by atoms with E-state index in [-0.39, 0.29) is 33.0 Å². The molecule has 34 heavy (non-hydrogen) atoms. The Labute approximate surface area is 209 Å². The first-order chi connectivity index (χ1) is 16.4. The van der Waals surface area contributed by atoms with Gasteiger partial charge >= 0.3 is 0 Å². The molecule has 170 valence electrons. The van der Waals surface area contributed by atoms with Crippen molar-refractivity contribution in [2.75, 3.05) is 10.2 Å². The van der Waals surface area contributed by atoms with Crippen LogP contribution in [0.1, 0.15) is 5.56 Å². The molecular weight excluding hydrogens is 496 g/mol. The molecule has 1 heterocycles. The topological polar surface area (TPSA) is 73.2 Å². The van der Waals surface area contributed by atoms with Crippen LogP contribution in [0.3, 0.4) is 0 Å². The van der Waals surface area contributed by atoms with Gasteiger partial charge in [-0.25, -0.2) is 4.39 Å². The number of thioether (sulfide) groups is 1. The van der Waals surface area contributed by atoms with E-state index in [1.807, 2.05) is 6.07 Å². The SMILES string of the molecule is N#CC(C(=O)Nc1cc(Cl)ccc1Cl)=C1SC(Cc2ccc(F)cc2)C(=O)N1c1ccccc1. The summed E-state index contributed by atoms with van der Waals surface area (Å²) < 4.78 is 13.3. The van der Waals surface area contributed by atoms with Crippen molar-refractivity contribution in [1.82, 2.24) is 0 Å². The minimum atomic E-state index is -0.717. The van der Waals surface area contributed by atoms with Crippen LogP contribution in [-0.4, -0.2) is 17.1 Å².